The van der Waals surface area contributed by atoms with Gasteiger partial charge in [0, 0.05) is 18.2 Å². The lowest BCUT2D eigenvalue weighted by molar-refractivity contribution is -0.119. The van der Waals surface area contributed by atoms with Crippen LogP contribution in [0.5, 0.6) is 0 Å². The smallest absolute Gasteiger partial charge is 0.242 e. The lowest BCUT2D eigenvalue weighted by Crippen LogP contribution is -2.42. The summed E-state index contributed by atoms with van der Waals surface area (Å²) in [6.07, 6.45) is 2.41. The van der Waals surface area contributed by atoms with Crippen LogP contribution in [0.4, 0.5) is 5.69 Å². The van der Waals surface area contributed by atoms with Gasteiger partial charge < -0.3 is 5.32 Å². The molecule has 0 saturated carbocycles. The van der Waals surface area contributed by atoms with Crippen LogP contribution in [0.3, 0.4) is 0 Å². The van der Waals surface area contributed by atoms with E-state index < -0.39 is 16.1 Å². The monoisotopic (exact) mass is 367 g/mol. The molecule has 1 atom stereocenters. The Labute approximate surface area is 145 Å². The summed E-state index contributed by atoms with van der Waals surface area (Å²) in [7, 11) is -3.37. The van der Waals surface area contributed by atoms with Crippen LogP contribution in [0, 0.1) is 0 Å². The minimum Gasteiger partial charge on any atom is -0.325 e. The number of sulfonamides is 1. The van der Waals surface area contributed by atoms with Crippen molar-refractivity contribution >= 4 is 43.2 Å². The molecule has 130 valence electrons. The Morgan fingerprint density at radius 3 is 2.83 bits per heavy atom. The van der Waals surface area contributed by atoms with Crippen LogP contribution in [0.15, 0.2) is 18.2 Å². The fraction of sp³-hybridized carbons (Fsp3) is 0.500. The first-order chi connectivity index (χ1) is 11.3. The third-order valence-corrected chi connectivity index (χ3v) is 6.71. The molecular weight excluding hydrogens is 346 g/mol. The Morgan fingerprint density at radius 1 is 1.42 bits per heavy atom. The van der Waals surface area contributed by atoms with E-state index in [1.54, 1.807) is 11.3 Å². The van der Waals surface area contributed by atoms with Gasteiger partial charge in [-0.15, -0.1) is 11.3 Å². The topological polar surface area (TPSA) is 79.4 Å². The standard InChI is InChI=1S/C16H21N3O3S2/c1-10(2)16-18-12-7-6-11(9-14(12)23-16)17-15(20)13-5-4-8-19(13)24(3,21)22/h6-7,9-10,13H,4-5,8H2,1-3H3,(H,17,20). The zero-order valence-electron chi connectivity index (χ0n) is 13.9. The molecule has 24 heavy (non-hydrogen) atoms. The summed E-state index contributed by atoms with van der Waals surface area (Å²) in [5.74, 6) is 0.0909. The molecule has 0 radical (unpaired) electrons. The van der Waals surface area contributed by atoms with Gasteiger partial charge in [0.15, 0.2) is 0 Å². The zero-order chi connectivity index (χ0) is 17.5. The van der Waals surface area contributed by atoms with Crippen LogP contribution in [-0.2, 0) is 14.8 Å². The molecule has 1 aliphatic rings. The second-order valence-electron chi connectivity index (χ2n) is 6.41. The van der Waals surface area contributed by atoms with Crippen molar-refractivity contribution in [3.8, 4) is 0 Å². The molecule has 6 nitrogen and oxygen atoms in total. The van der Waals surface area contributed by atoms with Gasteiger partial charge in [-0.25, -0.2) is 13.4 Å². The van der Waals surface area contributed by atoms with Crippen molar-refractivity contribution in [3.63, 3.8) is 0 Å². The van der Waals surface area contributed by atoms with Gasteiger partial charge in [0.1, 0.15) is 6.04 Å². The fourth-order valence-corrected chi connectivity index (χ4v) is 5.03. The highest BCUT2D eigenvalue weighted by atomic mass is 32.2. The van der Waals surface area contributed by atoms with E-state index in [1.807, 2.05) is 18.2 Å². The quantitative estimate of drug-likeness (QED) is 0.901. The molecule has 1 aromatic heterocycles. The summed E-state index contributed by atoms with van der Waals surface area (Å²) < 4.78 is 25.9. The molecule has 0 aliphatic carbocycles. The SMILES string of the molecule is CC(C)c1nc2ccc(NC(=O)C3CCCN3S(C)(=O)=O)cc2s1. The van der Waals surface area contributed by atoms with Gasteiger partial charge in [-0.3, -0.25) is 4.79 Å². The van der Waals surface area contributed by atoms with Crippen molar-refractivity contribution in [2.24, 2.45) is 0 Å². The molecule has 1 unspecified atom stereocenters. The molecule has 3 rings (SSSR count). The number of amides is 1. The number of carbonyl (C=O) groups excluding carboxylic acids is 1. The lowest BCUT2D eigenvalue weighted by Gasteiger charge is -2.21. The molecule has 2 aromatic rings. The molecule has 1 fully saturated rings. The van der Waals surface area contributed by atoms with Crippen molar-refractivity contribution in [1.82, 2.24) is 9.29 Å². The van der Waals surface area contributed by atoms with E-state index in [0.717, 1.165) is 21.5 Å². The molecule has 1 amide bonds. The van der Waals surface area contributed by atoms with Crippen molar-refractivity contribution in [1.29, 1.82) is 0 Å². The number of aromatic nitrogens is 1. The van der Waals surface area contributed by atoms with Crippen LogP contribution in [0.25, 0.3) is 10.2 Å². The molecule has 2 heterocycles. The predicted octanol–water partition coefficient (Wildman–Crippen LogP) is 2.78. The molecule has 0 bridgehead atoms. The predicted molar refractivity (Wildman–Crippen MR) is 96.9 cm³/mol. The highest BCUT2D eigenvalue weighted by Gasteiger charge is 2.36. The van der Waals surface area contributed by atoms with E-state index >= 15 is 0 Å². The maximum Gasteiger partial charge on any atom is 0.242 e. The minimum absolute atomic E-state index is 0.272. The van der Waals surface area contributed by atoms with Crippen LogP contribution >= 0.6 is 11.3 Å². The van der Waals surface area contributed by atoms with Crippen LogP contribution in [-0.4, -0.2) is 42.5 Å². The van der Waals surface area contributed by atoms with Gasteiger partial charge in [-0.1, -0.05) is 13.8 Å². The first-order valence-corrected chi connectivity index (χ1v) is 10.6. The van der Waals surface area contributed by atoms with Crippen molar-refractivity contribution in [2.45, 2.75) is 38.6 Å². The molecule has 1 N–H and O–H groups in total. The molecular formula is C16H21N3O3S2. The fourth-order valence-electron chi connectivity index (χ4n) is 2.89. The first-order valence-electron chi connectivity index (χ1n) is 7.94. The van der Waals surface area contributed by atoms with Crippen LogP contribution in [0.2, 0.25) is 0 Å². The number of carbonyl (C=O) groups is 1. The van der Waals surface area contributed by atoms with E-state index in [2.05, 4.69) is 24.1 Å². The summed E-state index contributed by atoms with van der Waals surface area (Å²) in [5, 5.41) is 3.91. The Bertz CT molecular complexity index is 874. The maximum atomic E-state index is 12.5. The molecule has 1 aromatic carbocycles. The summed E-state index contributed by atoms with van der Waals surface area (Å²) in [5.41, 5.74) is 1.59. The Hall–Kier alpha value is -1.51. The average molecular weight is 367 g/mol. The Morgan fingerprint density at radius 2 is 2.17 bits per heavy atom. The van der Waals surface area contributed by atoms with Crippen molar-refractivity contribution in [2.75, 3.05) is 18.1 Å². The van der Waals surface area contributed by atoms with Crippen molar-refractivity contribution in [3.05, 3.63) is 23.2 Å². The third kappa shape index (κ3) is 3.45. The van der Waals surface area contributed by atoms with E-state index in [-0.39, 0.29) is 5.91 Å². The number of nitrogens with one attached hydrogen (secondary N) is 1. The highest BCUT2D eigenvalue weighted by Crippen LogP contribution is 2.30. The third-order valence-electron chi connectivity index (χ3n) is 4.10. The first kappa shape index (κ1) is 17.3. The van der Waals surface area contributed by atoms with E-state index in [1.165, 1.54) is 4.31 Å². The lowest BCUT2D eigenvalue weighted by atomic mass is 10.2. The number of thiazole rings is 1. The molecule has 0 spiro atoms. The van der Waals surface area contributed by atoms with Gasteiger partial charge in [0.2, 0.25) is 15.9 Å². The molecule has 1 aliphatic heterocycles. The summed E-state index contributed by atoms with van der Waals surface area (Å²) in [4.78, 5) is 17.1. The average Bonchev–Trinajstić information content (AvgIpc) is 3.13. The van der Waals surface area contributed by atoms with Crippen LogP contribution < -0.4 is 5.32 Å². The zero-order valence-corrected chi connectivity index (χ0v) is 15.6. The van der Waals surface area contributed by atoms with Gasteiger partial charge in [0.25, 0.3) is 0 Å². The Balaban J connectivity index is 1.80. The summed E-state index contributed by atoms with van der Waals surface area (Å²) in [6, 6.07) is 4.97. The number of rotatable bonds is 4. The second kappa shape index (κ2) is 6.42. The summed E-state index contributed by atoms with van der Waals surface area (Å²) >= 11 is 1.61. The Kier molecular flexibility index (Phi) is 4.63. The minimum atomic E-state index is -3.37. The summed E-state index contributed by atoms with van der Waals surface area (Å²) in [6.45, 7) is 4.60. The van der Waals surface area contributed by atoms with Crippen LogP contribution in [0.1, 0.15) is 37.6 Å². The van der Waals surface area contributed by atoms with Gasteiger partial charge in [0.05, 0.1) is 21.5 Å². The largest absolute Gasteiger partial charge is 0.325 e. The number of anilines is 1. The maximum absolute atomic E-state index is 12.5. The van der Waals surface area contributed by atoms with Gasteiger partial charge in [-0.05, 0) is 31.0 Å². The number of nitrogens with zero attached hydrogens (tertiary/aromatic N) is 2. The van der Waals surface area contributed by atoms with E-state index in [9.17, 15) is 13.2 Å². The number of fused-ring (bicyclic) bond motifs is 1. The normalized spacial score (nSPS) is 19.2. The number of hydrogen-bond acceptors (Lipinski definition) is 5. The van der Waals surface area contributed by atoms with Crippen molar-refractivity contribution < 1.29 is 13.2 Å². The van der Waals surface area contributed by atoms with E-state index in [0.29, 0.717) is 31.0 Å². The van der Waals surface area contributed by atoms with E-state index in [4.69, 9.17) is 0 Å². The number of benzene rings is 1. The van der Waals surface area contributed by atoms with Gasteiger partial charge >= 0.3 is 0 Å². The molecule has 1 saturated heterocycles. The number of hydrogen-bond donors (Lipinski definition) is 1. The second-order valence-corrected chi connectivity index (χ2v) is 9.41. The highest BCUT2D eigenvalue weighted by molar-refractivity contribution is 7.88. The molecule has 8 heteroatoms. The van der Waals surface area contributed by atoms with Gasteiger partial charge in [-0.2, -0.15) is 4.31 Å².